The number of hydrogen-bond acceptors (Lipinski definition) is 7. The number of fused-ring (bicyclic) bond motifs is 3. The van der Waals surface area contributed by atoms with Crippen molar-refractivity contribution in [3.63, 3.8) is 0 Å². The lowest BCUT2D eigenvalue weighted by atomic mass is 9.88. The summed E-state index contributed by atoms with van der Waals surface area (Å²) >= 11 is 5.91. The summed E-state index contributed by atoms with van der Waals surface area (Å²) in [6.07, 6.45) is 4.89. The maximum Gasteiger partial charge on any atom is 0.271 e. The smallest absolute Gasteiger partial charge is 0.271 e. The predicted molar refractivity (Wildman–Crippen MR) is 124 cm³/mol. The summed E-state index contributed by atoms with van der Waals surface area (Å²) < 4.78 is 0. The zero-order chi connectivity index (χ0) is 24.1. The SMILES string of the molecule is Cc1ccc([N+](=O)[O-])cc1N1C(=O)[C@@H]2[C@H](C1=O)[C@@H]1C=CC=NN1[C@@H]2C(=O)Nc1ccc(Cl)cc1. The van der Waals surface area contributed by atoms with Crippen molar-refractivity contribution >= 4 is 52.6 Å². The number of allylic oxidation sites excluding steroid dienone is 1. The molecule has 0 bridgehead atoms. The number of amides is 3. The number of benzene rings is 2. The third kappa shape index (κ3) is 3.34. The van der Waals surface area contributed by atoms with Crippen LogP contribution in [0.1, 0.15) is 5.56 Å². The van der Waals surface area contributed by atoms with Crippen molar-refractivity contribution < 1.29 is 19.3 Å². The number of carbonyl (C=O) groups excluding carboxylic acids is 3. The summed E-state index contributed by atoms with van der Waals surface area (Å²) in [5, 5.41) is 20.3. The summed E-state index contributed by atoms with van der Waals surface area (Å²) in [5.41, 5.74) is 0.918. The Kier molecular flexibility index (Phi) is 5.17. The van der Waals surface area contributed by atoms with E-state index in [1.807, 2.05) is 0 Å². The third-order valence-electron chi connectivity index (χ3n) is 6.32. The highest BCUT2D eigenvalue weighted by molar-refractivity contribution is 6.30. The van der Waals surface area contributed by atoms with Crippen LogP contribution in [0.5, 0.6) is 0 Å². The van der Waals surface area contributed by atoms with Gasteiger partial charge in [-0.25, -0.2) is 4.90 Å². The summed E-state index contributed by atoms with van der Waals surface area (Å²) in [5.74, 6) is -3.47. The number of aryl methyl sites for hydroxylation is 1. The molecule has 34 heavy (non-hydrogen) atoms. The molecule has 2 aromatic carbocycles. The number of anilines is 2. The molecule has 1 N–H and O–H groups in total. The summed E-state index contributed by atoms with van der Waals surface area (Å²) in [6, 6.07) is 8.86. The van der Waals surface area contributed by atoms with E-state index in [-0.39, 0.29) is 11.4 Å². The number of nitrogens with zero attached hydrogens (tertiary/aromatic N) is 4. The number of nitrogens with one attached hydrogen (secondary N) is 1. The Bertz CT molecular complexity index is 1290. The fourth-order valence-electron chi connectivity index (χ4n) is 4.78. The standard InChI is InChI=1S/C23H18ClN5O5/c1-12-4-9-15(29(33)34)11-17(12)27-22(31)18-16-3-2-10-25-28(16)20(19(18)23(27)32)21(30)26-14-7-5-13(24)6-8-14/h2-11,16,18-20H,1H3,(H,26,30)/t16-,18+,19+,20-/m0/s1. The molecule has 2 fully saturated rings. The Balaban J connectivity index is 1.53. The number of nitro groups is 1. The Hall–Kier alpha value is -4.05. The van der Waals surface area contributed by atoms with Crippen molar-refractivity contribution in [3.05, 3.63) is 75.3 Å². The van der Waals surface area contributed by atoms with Crippen molar-refractivity contribution in [2.45, 2.75) is 19.0 Å². The van der Waals surface area contributed by atoms with E-state index in [1.54, 1.807) is 43.3 Å². The largest absolute Gasteiger partial charge is 0.324 e. The number of non-ortho nitro benzene ring substituents is 1. The lowest BCUT2D eigenvalue weighted by Gasteiger charge is -2.30. The summed E-state index contributed by atoms with van der Waals surface area (Å²) in [4.78, 5) is 52.2. The maximum absolute atomic E-state index is 13.6. The molecule has 0 radical (unpaired) electrons. The van der Waals surface area contributed by atoms with Gasteiger partial charge in [-0.15, -0.1) is 0 Å². The summed E-state index contributed by atoms with van der Waals surface area (Å²) in [7, 11) is 0. The van der Waals surface area contributed by atoms with Gasteiger partial charge in [-0.2, -0.15) is 5.10 Å². The molecular formula is C23H18ClN5O5. The van der Waals surface area contributed by atoms with Crippen LogP contribution in [0.2, 0.25) is 5.02 Å². The average Bonchev–Trinajstić information content (AvgIpc) is 3.28. The molecule has 0 spiro atoms. The van der Waals surface area contributed by atoms with Gasteiger partial charge in [0.1, 0.15) is 6.04 Å². The number of hydrogen-bond donors (Lipinski definition) is 1. The Morgan fingerprint density at radius 2 is 1.82 bits per heavy atom. The number of carbonyl (C=O) groups is 3. The zero-order valence-electron chi connectivity index (χ0n) is 17.8. The van der Waals surface area contributed by atoms with Gasteiger partial charge in [-0.05, 0) is 42.8 Å². The van der Waals surface area contributed by atoms with E-state index in [9.17, 15) is 24.5 Å². The first-order valence-electron chi connectivity index (χ1n) is 10.5. The molecule has 3 aliphatic heterocycles. The fraction of sp³-hybridized carbons (Fsp3) is 0.217. The van der Waals surface area contributed by atoms with Crippen molar-refractivity contribution in [2.24, 2.45) is 16.9 Å². The minimum Gasteiger partial charge on any atom is -0.324 e. The second-order valence-electron chi connectivity index (χ2n) is 8.25. The van der Waals surface area contributed by atoms with Gasteiger partial charge in [0.05, 0.1) is 28.5 Å². The van der Waals surface area contributed by atoms with Gasteiger partial charge in [0.2, 0.25) is 17.7 Å². The van der Waals surface area contributed by atoms with Crippen molar-refractivity contribution in [3.8, 4) is 0 Å². The van der Waals surface area contributed by atoms with Crippen LogP contribution < -0.4 is 10.2 Å². The molecule has 0 unspecified atom stereocenters. The second kappa shape index (κ2) is 8.07. The number of hydrazone groups is 1. The van der Waals surface area contributed by atoms with E-state index in [0.29, 0.717) is 16.3 Å². The first-order valence-corrected chi connectivity index (χ1v) is 10.8. The van der Waals surface area contributed by atoms with Crippen molar-refractivity contribution in [2.75, 3.05) is 10.2 Å². The van der Waals surface area contributed by atoms with Gasteiger partial charge >= 0.3 is 0 Å². The molecule has 0 aliphatic carbocycles. The molecule has 2 saturated heterocycles. The maximum atomic E-state index is 13.6. The van der Waals surface area contributed by atoms with Crippen LogP contribution in [-0.4, -0.2) is 46.0 Å². The highest BCUT2D eigenvalue weighted by Crippen LogP contribution is 2.46. The molecule has 0 saturated carbocycles. The van der Waals surface area contributed by atoms with E-state index in [4.69, 9.17) is 11.6 Å². The topological polar surface area (TPSA) is 125 Å². The molecular weight excluding hydrogens is 462 g/mol. The minimum atomic E-state index is -1.05. The summed E-state index contributed by atoms with van der Waals surface area (Å²) in [6.45, 7) is 1.66. The Morgan fingerprint density at radius 3 is 2.53 bits per heavy atom. The lowest BCUT2D eigenvalue weighted by Crippen LogP contribution is -2.47. The number of rotatable bonds is 4. The Labute approximate surface area is 198 Å². The van der Waals surface area contributed by atoms with Gasteiger partial charge in [0.15, 0.2) is 0 Å². The van der Waals surface area contributed by atoms with Crippen LogP contribution in [0.3, 0.4) is 0 Å². The molecule has 172 valence electrons. The first-order chi connectivity index (χ1) is 16.3. The number of halogens is 1. The quantitative estimate of drug-likeness (QED) is 0.408. The first kappa shape index (κ1) is 21.8. The average molecular weight is 480 g/mol. The molecule has 10 nitrogen and oxygen atoms in total. The van der Waals surface area contributed by atoms with E-state index < -0.39 is 46.6 Å². The molecule has 0 aromatic heterocycles. The van der Waals surface area contributed by atoms with Crippen LogP contribution >= 0.6 is 11.6 Å². The monoisotopic (exact) mass is 479 g/mol. The van der Waals surface area contributed by atoms with Crippen LogP contribution in [0.25, 0.3) is 0 Å². The third-order valence-corrected chi connectivity index (χ3v) is 6.57. The lowest BCUT2D eigenvalue weighted by molar-refractivity contribution is -0.384. The van der Waals surface area contributed by atoms with Crippen molar-refractivity contribution in [1.29, 1.82) is 0 Å². The van der Waals surface area contributed by atoms with Gasteiger partial charge in [0.25, 0.3) is 5.69 Å². The second-order valence-corrected chi connectivity index (χ2v) is 8.69. The molecule has 11 heteroatoms. The van der Waals surface area contributed by atoms with Gasteiger partial charge in [0, 0.05) is 29.1 Å². The molecule has 3 aliphatic rings. The van der Waals surface area contributed by atoms with E-state index in [2.05, 4.69) is 10.4 Å². The highest BCUT2D eigenvalue weighted by atomic mass is 35.5. The molecule has 5 rings (SSSR count). The number of imide groups is 1. The van der Waals surface area contributed by atoms with Crippen LogP contribution in [0.15, 0.2) is 59.7 Å². The van der Waals surface area contributed by atoms with Gasteiger partial charge in [-0.3, -0.25) is 29.5 Å². The van der Waals surface area contributed by atoms with Crippen LogP contribution in [-0.2, 0) is 14.4 Å². The van der Waals surface area contributed by atoms with E-state index >= 15 is 0 Å². The van der Waals surface area contributed by atoms with Crippen LogP contribution in [0, 0.1) is 28.9 Å². The fourth-order valence-corrected chi connectivity index (χ4v) is 4.90. The molecule has 2 aromatic rings. The van der Waals surface area contributed by atoms with Crippen LogP contribution in [0.4, 0.5) is 17.1 Å². The van der Waals surface area contributed by atoms with Gasteiger partial charge in [-0.1, -0.05) is 23.7 Å². The van der Waals surface area contributed by atoms with E-state index in [1.165, 1.54) is 29.4 Å². The van der Waals surface area contributed by atoms with Gasteiger partial charge < -0.3 is 5.32 Å². The van der Waals surface area contributed by atoms with E-state index in [0.717, 1.165) is 4.90 Å². The molecule has 3 heterocycles. The highest BCUT2D eigenvalue weighted by Gasteiger charge is 2.64. The zero-order valence-corrected chi connectivity index (χ0v) is 18.5. The normalized spacial score (nSPS) is 24.9. The minimum absolute atomic E-state index is 0.144. The van der Waals surface area contributed by atoms with Crippen molar-refractivity contribution in [1.82, 2.24) is 5.01 Å². The predicted octanol–water partition coefficient (Wildman–Crippen LogP) is 2.91. The Morgan fingerprint density at radius 1 is 1.12 bits per heavy atom. The number of nitro benzene ring substituents is 1. The molecule has 4 atom stereocenters. The molecule has 3 amide bonds.